The molecule has 1 aromatic carbocycles. The van der Waals surface area contributed by atoms with Crippen molar-refractivity contribution in [3.8, 4) is 0 Å². The van der Waals surface area contributed by atoms with E-state index in [1.54, 1.807) is 6.92 Å². The van der Waals surface area contributed by atoms with E-state index in [-0.39, 0.29) is 22.3 Å². The van der Waals surface area contributed by atoms with E-state index in [2.05, 4.69) is 5.32 Å². The van der Waals surface area contributed by atoms with E-state index < -0.39 is 14.8 Å². The molecular formula is C11H16N2O5S. The number of methoxy groups -OCH3 is 1. The first-order chi connectivity index (χ1) is 8.75. The summed E-state index contributed by atoms with van der Waals surface area (Å²) in [6, 6.07) is 3.65. The second-order valence-corrected chi connectivity index (χ2v) is 6.22. The molecule has 1 N–H and O–H groups in total. The third kappa shape index (κ3) is 4.18. The van der Waals surface area contributed by atoms with Crippen molar-refractivity contribution >= 4 is 21.2 Å². The first-order valence-electron chi connectivity index (χ1n) is 5.49. The van der Waals surface area contributed by atoms with Gasteiger partial charge in [-0.3, -0.25) is 10.1 Å². The Morgan fingerprint density at radius 1 is 1.47 bits per heavy atom. The lowest BCUT2D eigenvalue weighted by Gasteiger charge is -2.14. The molecular weight excluding hydrogens is 272 g/mol. The Morgan fingerprint density at radius 2 is 2.11 bits per heavy atom. The molecule has 19 heavy (non-hydrogen) atoms. The van der Waals surface area contributed by atoms with Crippen molar-refractivity contribution in [3.63, 3.8) is 0 Å². The van der Waals surface area contributed by atoms with Crippen molar-refractivity contribution in [2.45, 2.75) is 17.9 Å². The van der Waals surface area contributed by atoms with Crippen molar-refractivity contribution < 1.29 is 18.1 Å². The number of ether oxygens (including phenoxy) is 1. The average Bonchev–Trinajstić information content (AvgIpc) is 2.27. The monoisotopic (exact) mass is 288 g/mol. The maximum Gasteiger partial charge on any atom is 0.293 e. The maximum absolute atomic E-state index is 11.4. The maximum atomic E-state index is 11.4. The van der Waals surface area contributed by atoms with Gasteiger partial charge in [0.15, 0.2) is 9.84 Å². The third-order valence-corrected chi connectivity index (χ3v) is 3.52. The first kappa shape index (κ1) is 15.4. The fraction of sp³-hybridized carbons (Fsp3) is 0.455. The molecule has 0 saturated heterocycles. The van der Waals surface area contributed by atoms with Crippen LogP contribution in [0.15, 0.2) is 23.1 Å². The molecule has 0 aliphatic carbocycles. The molecule has 1 aromatic rings. The number of sulfone groups is 1. The molecule has 1 rings (SSSR count). The smallest absolute Gasteiger partial charge is 0.293 e. The van der Waals surface area contributed by atoms with Gasteiger partial charge in [-0.25, -0.2) is 8.42 Å². The predicted octanol–water partition coefficient (Wildman–Crippen LogP) is 1.45. The summed E-state index contributed by atoms with van der Waals surface area (Å²) in [5.41, 5.74) is -0.00664. The second-order valence-electron chi connectivity index (χ2n) is 4.21. The minimum absolute atomic E-state index is 0.0795. The van der Waals surface area contributed by atoms with Crippen LogP contribution in [0.3, 0.4) is 0 Å². The van der Waals surface area contributed by atoms with E-state index in [1.165, 1.54) is 19.2 Å². The molecule has 0 aromatic heterocycles. The van der Waals surface area contributed by atoms with E-state index >= 15 is 0 Å². The third-order valence-electron chi connectivity index (χ3n) is 2.41. The quantitative estimate of drug-likeness (QED) is 0.628. The Kier molecular flexibility index (Phi) is 4.84. The van der Waals surface area contributed by atoms with Crippen LogP contribution in [0.25, 0.3) is 0 Å². The molecule has 0 saturated carbocycles. The number of nitrogens with one attached hydrogen (secondary N) is 1. The van der Waals surface area contributed by atoms with Crippen LogP contribution in [0.5, 0.6) is 0 Å². The summed E-state index contributed by atoms with van der Waals surface area (Å²) in [7, 11) is -1.94. The Labute approximate surface area is 111 Å². The van der Waals surface area contributed by atoms with Crippen LogP contribution in [-0.2, 0) is 14.6 Å². The molecule has 1 unspecified atom stereocenters. The molecule has 106 valence electrons. The molecule has 1 atom stereocenters. The Morgan fingerprint density at radius 3 is 2.58 bits per heavy atom. The van der Waals surface area contributed by atoms with Gasteiger partial charge in [-0.2, -0.15) is 0 Å². The van der Waals surface area contributed by atoms with Crippen molar-refractivity contribution in [3.05, 3.63) is 28.3 Å². The fourth-order valence-electron chi connectivity index (χ4n) is 1.57. The molecule has 0 radical (unpaired) electrons. The molecule has 0 amide bonds. The lowest BCUT2D eigenvalue weighted by atomic mass is 10.2. The van der Waals surface area contributed by atoms with Gasteiger partial charge in [0.1, 0.15) is 5.69 Å². The summed E-state index contributed by atoms with van der Waals surface area (Å²) in [5, 5.41) is 13.9. The number of rotatable bonds is 6. The van der Waals surface area contributed by atoms with Gasteiger partial charge in [-0.1, -0.05) is 0 Å². The number of nitro groups is 1. The fourth-order valence-corrected chi connectivity index (χ4v) is 2.21. The number of hydrogen-bond acceptors (Lipinski definition) is 6. The summed E-state index contributed by atoms with van der Waals surface area (Å²) < 4.78 is 27.7. The Hall–Kier alpha value is -1.67. The first-order valence-corrected chi connectivity index (χ1v) is 7.39. The molecule has 0 spiro atoms. The zero-order valence-corrected chi connectivity index (χ0v) is 11.7. The zero-order chi connectivity index (χ0) is 14.6. The van der Waals surface area contributed by atoms with Crippen LogP contribution in [-0.4, -0.2) is 39.4 Å². The second kappa shape index (κ2) is 5.98. The van der Waals surface area contributed by atoms with E-state index in [0.29, 0.717) is 6.61 Å². The van der Waals surface area contributed by atoms with E-state index in [4.69, 9.17) is 4.74 Å². The van der Waals surface area contributed by atoms with Gasteiger partial charge in [0.2, 0.25) is 0 Å². The minimum Gasteiger partial charge on any atom is -0.383 e. The van der Waals surface area contributed by atoms with Gasteiger partial charge in [0, 0.05) is 25.5 Å². The normalized spacial score (nSPS) is 13.0. The van der Waals surface area contributed by atoms with Crippen LogP contribution in [0, 0.1) is 10.1 Å². The lowest BCUT2D eigenvalue weighted by Crippen LogP contribution is -2.21. The Bertz CT molecular complexity index is 570. The molecule has 8 heteroatoms. The number of benzene rings is 1. The van der Waals surface area contributed by atoms with E-state index in [1.807, 2.05) is 0 Å². The van der Waals surface area contributed by atoms with E-state index in [0.717, 1.165) is 12.3 Å². The highest BCUT2D eigenvalue weighted by Gasteiger charge is 2.19. The van der Waals surface area contributed by atoms with Crippen molar-refractivity contribution in [2.75, 3.05) is 25.3 Å². The highest BCUT2D eigenvalue weighted by Crippen LogP contribution is 2.28. The van der Waals surface area contributed by atoms with Gasteiger partial charge in [0.25, 0.3) is 5.69 Å². The summed E-state index contributed by atoms with van der Waals surface area (Å²) in [4.78, 5) is 10.3. The van der Waals surface area contributed by atoms with E-state index in [9.17, 15) is 18.5 Å². The number of anilines is 1. The van der Waals surface area contributed by atoms with Gasteiger partial charge in [-0.15, -0.1) is 0 Å². The van der Waals surface area contributed by atoms with Crippen LogP contribution >= 0.6 is 0 Å². The molecule has 7 nitrogen and oxygen atoms in total. The van der Waals surface area contributed by atoms with Gasteiger partial charge >= 0.3 is 0 Å². The molecule has 0 heterocycles. The largest absolute Gasteiger partial charge is 0.383 e. The lowest BCUT2D eigenvalue weighted by molar-refractivity contribution is -0.384. The number of hydrogen-bond donors (Lipinski definition) is 1. The summed E-state index contributed by atoms with van der Waals surface area (Å²) in [5.74, 6) is 0. The van der Waals surface area contributed by atoms with Crippen LogP contribution in [0.4, 0.5) is 11.4 Å². The number of nitrogens with zero attached hydrogens (tertiary/aromatic N) is 1. The van der Waals surface area contributed by atoms with Crippen LogP contribution in [0.2, 0.25) is 0 Å². The number of nitro benzene ring substituents is 1. The molecule has 0 fully saturated rings. The molecule has 0 bridgehead atoms. The topological polar surface area (TPSA) is 98.5 Å². The minimum atomic E-state index is -3.47. The summed E-state index contributed by atoms with van der Waals surface area (Å²) in [6.45, 7) is 2.18. The van der Waals surface area contributed by atoms with Crippen molar-refractivity contribution in [1.29, 1.82) is 0 Å². The van der Waals surface area contributed by atoms with Crippen molar-refractivity contribution in [2.24, 2.45) is 0 Å². The van der Waals surface area contributed by atoms with Crippen LogP contribution in [0.1, 0.15) is 6.92 Å². The summed E-state index contributed by atoms with van der Waals surface area (Å²) >= 11 is 0. The zero-order valence-electron chi connectivity index (χ0n) is 10.9. The molecule has 0 aliphatic rings. The highest BCUT2D eigenvalue weighted by molar-refractivity contribution is 7.90. The highest BCUT2D eigenvalue weighted by atomic mass is 32.2. The van der Waals surface area contributed by atoms with Gasteiger partial charge in [0.05, 0.1) is 16.4 Å². The molecule has 0 aliphatic heterocycles. The summed E-state index contributed by atoms with van der Waals surface area (Å²) in [6.07, 6.45) is 1.01. The standard InChI is InChI=1S/C11H16N2O5S/c1-8(7-18-2)12-10-5-4-9(19(3,16)17)6-11(10)13(14)15/h4-6,8,12H,7H2,1-3H3. The predicted molar refractivity (Wildman–Crippen MR) is 71.2 cm³/mol. The van der Waals surface area contributed by atoms with Crippen molar-refractivity contribution in [1.82, 2.24) is 0 Å². The van der Waals surface area contributed by atoms with Gasteiger partial charge in [-0.05, 0) is 19.1 Å². The van der Waals surface area contributed by atoms with Gasteiger partial charge < -0.3 is 10.1 Å². The van der Waals surface area contributed by atoms with Crippen LogP contribution < -0.4 is 5.32 Å². The Balaban J connectivity index is 3.16. The average molecular weight is 288 g/mol. The SMILES string of the molecule is COCC(C)Nc1ccc(S(C)(=O)=O)cc1[N+](=O)[O-].